The van der Waals surface area contributed by atoms with Gasteiger partial charge in [-0.25, -0.2) is 17.8 Å². The number of piperidine rings is 1. The van der Waals surface area contributed by atoms with Crippen LogP contribution in [0.25, 0.3) is 12.2 Å². The maximum atomic E-state index is 13.9. The van der Waals surface area contributed by atoms with Gasteiger partial charge in [0, 0.05) is 30.3 Å². The molecule has 1 N–H and O–H groups in total. The first-order valence-electron chi connectivity index (χ1n) is 10.9. The van der Waals surface area contributed by atoms with Crippen molar-refractivity contribution in [3.05, 3.63) is 71.0 Å². The number of anilines is 1. The highest BCUT2D eigenvalue weighted by Crippen LogP contribution is 2.29. The number of carbonyl (C=O) groups is 1. The van der Waals surface area contributed by atoms with Gasteiger partial charge in [0.1, 0.15) is 17.3 Å². The SMILES string of the molecule is Cc1cccc(NC(=O)C2CCN(S(=O)(=O)c3c(C)noc3C=Cc3ccccc3F)CC2)n1. The lowest BCUT2D eigenvalue weighted by Crippen LogP contribution is -2.41. The van der Waals surface area contributed by atoms with Gasteiger partial charge < -0.3 is 9.84 Å². The molecule has 3 heterocycles. The predicted molar refractivity (Wildman–Crippen MR) is 126 cm³/mol. The summed E-state index contributed by atoms with van der Waals surface area (Å²) in [6.45, 7) is 3.75. The summed E-state index contributed by atoms with van der Waals surface area (Å²) in [4.78, 5) is 16.9. The third kappa shape index (κ3) is 5.07. The summed E-state index contributed by atoms with van der Waals surface area (Å²) in [6, 6.07) is 11.5. The molecule has 0 saturated carbocycles. The van der Waals surface area contributed by atoms with Gasteiger partial charge in [0.2, 0.25) is 15.9 Å². The normalized spacial score (nSPS) is 15.6. The number of hydrogen-bond donors (Lipinski definition) is 1. The minimum Gasteiger partial charge on any atom is -0.355 e. The largest absolute Gasteiger partial charge is 0.355 e. The molecule has 0 aliphatic carbocycles. The Morgan fingerprint density at radius 3 is 2.56 bits per heavy atom. The van der Waals surface area contributed by atoms with Crippen LogP contribution in [0.4, 0.5) is 10.2 Å². The molecule has 1 saturated heterocycles. The smallest absolute Gasteiger partial charge is 0.248 e. The quantitative estimate of drug-likeness (QED) is 0.566. The summed E-state index contributed by atoms with van der Waals surface area (Å²) in [7, 11) is -3.92. The molecule has 1 fully saturated rings. The van der Waals surface area contributed by atoms with Gasteiger partial charge in [0.05, 0.1) is 0 Å². The standard InChI is InChI=1S/C24H25FN4O4S/c1-16-6-5-9-22(26-16)27-24(30)19-12-14-29(15-13-19)34(31,32)23-17(2)28-33-21(23)11-10-18-7-3-4-8-20(18)25/h3-11,19H,12-15H2,1-2H3,(H,26,27,30). The average Bonchev–Trinajstić information content (AvgIpc) is 3.19. The molecule has 34 heavy (non-hydrogen) atoms. The van der Waals surface area contributed by atoms with Crippen LogP contribution in [0.1, 0.15) is 35.6 Å². The van der Waals surface area contributed by atoms with E-state index in [0.717, 1.165) is 5.69 Å². The number of pyridine rings is 1. The highest BCUT2D eigenvalue weighted by atomic mass is 32.2. The van der Waals surface area contributed by atoms with Crippen LogP contribution in [0.3, 0.4) is 0 Å². The summed E-state index contributed by atoms with van der Waals surface area (Å²) in [6.07, 6.45) is 3.60. The number of rotatable bonds is 6. The van der Waals surface area contributed by atoms with Gasteiger partial charge in [-0.3, -0.25) is 4.79 Å². The van der Waals surface area contributed by atoms with Crippen LogP contribution in [-0.4, -0.2) is 41.9 Å². The molecular weight excluding hydrogens is 459 g/mol. The van der Waals surface area contributed by atoms with E-state index in [0.29, 0.717) is 24.2 Å². The number of nitrogens with zero attached hydrogens (tertiary/aromatic N) is 3. The monoisotopic (exact) mass is 484 g/mol. The predicted octanol–water partition coefficient (Wildman–Crippen LogP) is 4.04. The summed E-state index contributed by atoms with van der Waals surface area (Å²) in [5.41, 5.74) is 1.32. The van der Waals surface area contributed by atoms with Crippen LogP contribution < -0.4 is 5.32 Å². The van der Waals surface area contributed by atoms with E-state index in [1.807, 2.05) is 19.1 Å². The number of amides is 1. The van der Waals surface area contributed by atoms with Crippen LogP contribution in [0, 0.1) is 25.6 Å². The third-order valence-corrected chi connectivity index (χ3v) is 7.77. The Bertz CT molecular complexity index is 1330. The van der Waals surface area contributed by atoms with E-state index < -0.39 is 15.8 Å². The molecule has 10 heteroatoms. The minimum absolute atomic E-state index is 0.0335. The van der Waals surface area contributed by atoms with Gasteiger partial charge in [-0.05, 0) is 57.0 Å². The number of halogens is 1. The van der Waals surface area contributed by atoms with Crippen LogP contribution in [0.5, 0.6) is 0 Å². The Labute approximate surface area is 197 Å². The molecule has 2 aromatic heterocycles. The van der Waals surface area contributed by atoms with Gasteiger partial charge >= 0.3 is 0 Å². The van der Waals surface area contributed by atoms with Crippen molar-refractivity contribution in [1.82, 2.24) is 14.4 Å². The van der Waals surface area contributed by atoms with Crippen molar-refractivity contribution in [2.75, 3.05) is 18.4 Å². The number of sulfonamides is 1. The van der Waals surface area contributed by atoms with Crippen molar-refractivity contribution >= 4 is 33.9 Å². The molecule has 3 aromatic rings. The van der Waals surface area contributed by atoms with Crippen LogP contribution in [0.15, 0.2) is 51.9 Å². The third-order valence-electron chi connectivity index (χ3n) is 5.71. The lowest BCUT2D eigenvalue weighted by molar-refractivity contribution is -0.120. The Kier molecular flexibility index (Phi) is 6.90. The number of hydrogen-bond acceptors (Lipinski definition) is 6. The fourth-order valence-corrected chi connectivity index (χ4v) is 5.62. The number of aryl methyl sites for hydroxylation is 2. The van der Waals surface area contributed by atoms with E-state index in [1.165, 1.54) is 22.5 Å². The van der Waals surface area contributed by atoms with Crippen LogP contribution >= 0.6 is 0 Å². The van der Waals surface area contributed by atoms with Gasteiger partial charge in [0.15, 0.2) is 10.7 Å². The molecule has 178 valence electrons. The number of nitrogens with one attached hydrogen (secondary N) is 1. The molecule has 1 aromatic carbocycles. The first-order chi connectivity index (χ1) is 16.3. The lowest BCUT2D eigenvalue weighted by atomic mass is 9.97. The number of carbonyl (C=O) groups excluding carboxylic acids is 1. The van der Waals surface area contributed by atoms with Crippen molar-refractivity contribution in [3.8, 4) is 0 Å². The first kappa shape index (κ1) is 23.8. The topological polar surface area (TPSA) is 105 Å². The second-order valence-corrected chi connectivity index (χ2v) is 10.0. The fourth-order valence-electron chi connectivity index (χ4n) is 3.90. The van der Waals surface area contributed by atoms with Gasteiger partial charge in [0.25, 0.3) is 0 Å². The minimum atomic E-state index is -3.92. The molecular formula is C24H25FN4O4S. The fraction of sp³-hybridized carbons (Fsp3) is 0.292. The van der Waals surface area contributed by atoms with Crippen molar-refractivity contribution in [2.24, 2.45) is 5.92 Å². The Morgan fingerprint density at radius 2 is 1.85 bits per heavy atom. The van der Waals surface area contributed by atoms with Crippen molar-refractivity contribution in [2.45, 2.75) is 31.6 Å². The zero-order valence-electron chi connectivity index (χ0n) is 18.9. The maximum absolute atomic E-state index is 13.9. The zero-order valence-corrected chi connectivity index (χ0v) is 19.7. The summed E-state index contributed by atoms with van der Waals surface area (Å²) < 4.78 is 47.3. The van der Waals surface area contributed by atoms with Crippen molar-refractivity contribution in [1.29, 1.82) is 0 Å². The molecule has 0 unspecified atom stereocenters. The molecule has 1 aliphatic heterocycles. The molecule has 0 bridgehead atoms. The molecule has 0 atom stereocenters. The van der Waals surface area contributed by atoms with Gasteiger partial charge in [-0.15, -0.1) is 0 Å². The van der Waals surface area contributed by atoms with E-state index in [-0.39, 0.29) is 41.3 Å². The second kappa shape index (κ2) is 9.86. The van der Waals surface area contributed by atoms with Crippen molar-refractivity contribution in [3.63, 3.8) is 0 Å². The molecule has 0 radical (unpaired) electrons. The molecule has 1 aliphatic rings. The number of aromatic nitrogens is 2. The Hall–Kier alpha value is -3.37. The highest BCUT2D eigenvalue weighted by molar-refractivity contribution is 7.89. The van der Waals surface area contributed by atoms with E-state index in [2.05, 4.69) is 15.5 Å². The summed E-state index contributed by atoms with van der Waals surface area (Å²) >= 11 is 0. The average molecular weight is 485 g/mol. The number of benzene rings is 1. The maximum Gasteiger partial charge on any atom is 0.248 e. The zero-order chi connectivity index (χ0) is 24.3. The highest BCUT2D eigenvalue weighted by Gasteiger charge is 2.36. The molecule has 8 nitrogen and oxygen atoms in total. The Morgan fingerprint density at radius 1 is 1.12 bits per heavy atom. The summed E-state index contributed by atoms with van der Waals surface area (Å²) in [5.74, 6) is -0.416. The summed E-state index contributed by atoms with van der Waals surface area (Å²) in [5, 5.41) is 6.62. The van der Waals surface area contributed by atoms with Crippen LogP contribution in [0.2, 0.25) is 0 Å². The van der Waals surface area contributed by atoms with Gasteiger partial charge in [-0.1, -0.05) is 29.4 Å². The van der Waals surface area contributed by atoms with Gasteiger partial charge in [-0.2, -0.15) is 4.31 Å². The van der Waals surface area contributed by atoms with Crippen molar-refractivity contribution < 1.29 is 22.1 Å². The van der Waals surface area contributed by atoms with E-state index >= 15 is 0 Å². The van der Waals surface area contributed by atoms with E-state index in [4.69, 9.17) is 4.52 Å². The van der Waals surface area contributed by atoms with E-state index in [9.17, 15) is 17.6 Å². The van der Waals surface area contributed by atoms with E-state index in [1.54, 1.807) is 31.2 Å². The van der Waals surface area contributed by atoms with Crippen LogP contribution in [-0.2, 0) is 14.8 Å². The first-order valence-corrected chi connectivity index (χ1v) is 12.3. The molecule has 4 rings (SSSR count). The lowest BCUT2D eigenvalue weighted by Gasteiger charge is -2.30. The molecule has 0 spiro atoms. The molecule has 1 amide bonds. The Balaban J connectivity index is 1.46. The second-order valence-electron chi connectivity index (χ2n) is 8.15.